The molecule has 0 aliphatic heterocycles. The average Bonchev–Trinajstić information content (AvgIpc) is 3.40. The van der Waals surface area contributed by atoms with Crippen LogP contribution < -0.4 is 0 Å². The molecule has 0 amide bonds. The van der Waals surface area contributed by atoms with Gasteiger partial charge >= 0.3 is 12.1 Å². The van der Waals surface area contributed by atoms with Crippen LogP contribution >= 0.6 is 0 Å². The maximum absolute atomic E-state index is 14.4. The number of rotatable bonds is 5. The molecule has 5 rings (SSSR count). The first-order valence-corrected chi connectivity index (χ1v) is 10.4. The van der Waals surface area contributed by atoms with E-state index >= 15 is 0 Å². The minimum atomic E-state index is -5.13. The van der Waals surface area contributed by atoms with Gasteiger partial charge in [-0.15, -0.1) is 0 Å². The predicted octanol–water partition coefficient (Wildman–Crippen LogP) is 5.27. The molecule has 6 nitrogen and oxygen atoms in total. The van der Waals surface area contributed by atoms with Crippen LogP contribution in [-0.2, 0) is 12.1 Å². The Balaban J connectivity index is 1.63. The number of nitrogens with zero attached hydrogens (tertiary/aromatic N) is 3. The molecule has 0 radical (unpaired) electrons. The highest BCUT2D eigenvalue weighted by atomic mass is 19.4. The summed E-state index contributed by atoms with van der Waals surface area (Å²) in [5.41, 5.74) is -3.04. The number of halogens is 4. The van der Waals surface area contributed by atoms with Crippen molar-refractivity contribution in [1.29, 1.82) is 0 Å². The molecule has 0 aliphatic rings. The van der Waals surface area contributed by atoms with Crippen molar-refractivity contribution in [3.63, 3.8) is 0 Å². The number of carboxylic acid groups (broad SMARTS) is 1. The number of hydrogen-bond acceptors (Lipinski definition) is 3. The van der Waals surface area contributed by atoms with Gasteiger partial charge in [-0.1, -0.05) is 24.3 Å². The molecular formula is C25H17F4N3O3. The molecule has 35 heavy (non-hydrogen) atoms. The molecule has 0 fully saturated rings. The van der Waals surface area contributed by atoms with E-state index in [4.69, 9.17) is 0 Å². The summed E-state index contributed by atoms with van der Waals surface area (Å²) in [6, 6.07) is 16.7. The van der Waals surface area contributed by atoms with Crippen LogP contribution in [0.5, 0.6) is 0 Å². The van der Waals surface area contributed by atoms with Gasteiger partial charge in [0.1, 0.15) is 11.5 Å². The summed E-state index contributed by atoms with van der Waals surface area (Å²) in [7, 11) is 0. The van der Waals surface area contributed by atoms with Crippen LogP contribution in [0.25, 0.3) is 27.5 Å². The molecular weight excluding hydrogens is 466 g/mol. The monoisotopic (exact) mass is 483 g/mol. The van der Waals surface area contributed by atoms with Gasteiger partial charge in [0.05, 0.1) is 23.9 Å². The zero-order chi connectivity index (χ0) is 25.0. The highest BCUT2D eigenvalue weighted by Gasteiger charge is 2.55. The van der Waals surface area contributed by atoms with E-state index in [0.29, 0.717) is 22.0 Å². The maximum atomic E-state index is 14.4. The highest BCUT2D eigenvalue weighted by Crippen LogP contribution is 2.42. The van der Waals surface area contributed by atoms with Crippen molar-refractivity contribution in [1.82, 2.24) is 14.3 Å². The Bertz CT molecular complexity index is 1570. The predicted molar refractivity (Wildman–Crippen MR) is 120 cm³/mol. The summed E-state index contributed by atoms with van der Waals surface area (Å²) in [5.74, 6) is -1.86. The number of carbonyl (C=O) groups is 1. The number of alkyl halides is 3. The number of aromatic nitrogens is 3. The second kappa shape index (κ2) is 7.95. The zero-order valence-electron chi connectivity index (χ0n) is 17.9. The maximum Gasteiger partial charge on any atom is 0.423 e. The van der Waals surface area contributed by atoms with Crippen molar-refractivity contribution in [2.45, 2.75) is 18.3 Å². The normalized spacial score (nSPS) is 13.9. The second-order valence-electron chi connectivity index (χ2n) is 8.14. The number of fused-ring (bicyclic) bond motifs is 2. The van der Waals surface area contributed by atoms with E-state index in [2.05, 4.69) is 5.10 Å². The average molecular weight is 483 g/mol. The topological polar surface area (TPSA) is 80.3 Å². The van der Waals surface area contributed by atoms with Crippen molar-refractivity contribution in [3.05, 3.63) is 96.1 Å². The van der Waals surface area contributed by atoms with E-state index in [9.17, 15) is 32.6 Å². The van der Waals surface area contributed by atoms with E-state index < -0.39 is 35.7 Å². The third kappa shape index (κ3) is 3.71. The molecule has 3 aromatic carbocycles. The van der Waals surface area contributed by atoms with Crippen molar-refractivity contribution in [3.8, 4) is 5.69 Å². The number of aromatic carboxylic acids is 1. The van der Waals surface area contributed by atoms with Gasteiger partial charge in [-0.2, -0.15) is 18.3 Å². The third-order valence-electron chi connectivity index (χ3n) is 6.00. The first-order valence-electron chi connectivity index (χ1n) is 10.4. The lowest BCUT2D eigenvalue weighted by Crippen LogP contribution is -2.46. The number of hydrogen-bond donors (Lipinski definition) is 2. The summed E-state index contributed by atoms with van der Waals surface area (Å²) >= 11 is 0. The Kier molecular flexibility index (Phi) is 5.13. The first kappa shape index (κ1) is 22.6. The summed E-state index contributed by atoms with van der Waals surface area (Å²) in [5, 5.41) is 25.6. The number of aliphatic hydroxyl groups is 1. The van der Waals surface area contributed by atoms with Crippen molar-refractivity contribution in [2.75, 3.05) is 0 Å². The molecule has 0 bridgehead atoms. The lowest BCUT2D eigenvalue weighted by molar-refractivity contribution is -0.271. The quantitative estimate of drug-likeness (QED) is 0.334. The minimum absolute atomic E-state index is 0.248. The Labute approximate surface area is 195 Å². The van der Waals surface area contributed by atoms with Crippen molar-refractivity contribution >= 4 is 27.8 Å². The van der Waals surface area contributed by atoms with Crippen LogP contribution in [0.15, 0.2) is 79.0 Å². The van der Waals surface area contributed by atoms with Gasteiger partial charge in [-0.3, -0.25) is 0 Å². The fraction of sp³-hybridized carbons (Fsp3) is 0.120. The molecule has 10 heteroatoms. The van der Waals surface area contributed by atoms with Gasteiger partial charge in [0.15, 0.2) is 0 Å². The molecule has 2 N–H and O–H groups in total. The SMILES string of the molecule is O=C(O)c1cc2ccccc2n1CC(O)(c1ccc2c(cnn2-c2ccc(F)cc2)c1)C(F)(F)F. The van der Waals surface area contributed by atoms with E-state index in [0.717, 1.165) is 10.6 Å². The summed E-state index contributed by atoms with van der Waals surface area (Å²) < 4.78 is 58.7. The number of para-hydroxylation sites is 1. The lowest BCUT2D eigenvalue weighted by Gasteiger charge is -2.32. The van der Waals surface area contributed by atoms with E-state index in [1.165, 1.54) is 59.4 Å². The Hall–Kier alpha value is -4.18. The Morgan fingerprint density at radius 1 is 0.914 bits per heavy atom. The fourth-order valence-corrected chi connectivity index (χ4v) is 4.21. The van der Waals surface area contributed by atoms with Crippen molar-refractivity contribution < 1.29 is 32.6 Å². The lowest BCUT2D eigenvalue weighted by atomic mass is 9.91. The summed E-state index contributed by atoms with van der Waals surface area (Å²) in [4.78, 5) is 11.8. The van der Waals surface area contributed by atoms with E-state index in [1.807, 2.05) is 0 Å². The van der Waals surface area contributed by atoms with Crippen LogP contribution in [-0.4, -0.2) is 36.7 Å². The van der Waals surface area contributed by atoms with Crippen LogP contribution in [0.2, 0.25) is 0 Å². The molecule has 178 valence electrons. The third-order valence-corrected chi connectivity index (χ3v) is 6.00. The largest absolute Gasteiger partial charge is 0.477 e. The van der Waals surface area contributed by atoms with Crippen LogP contribution in [0.4, 0.5) is 17.6 Å². The van der Waals surface area contributed by atoms with Crippen LogP contribution in [0.3, 0.4) is 0 Å². The number of benzene rings is 3. The zero-order valence-corrected chi connectivity index (χ0v) is 17.9. The van der Waals surface area contributed by atoms with Crippen molar-refractivity contribution in [2.24, 2.45) is 0 Å². The van der Waals surface area contributed by atoms with Gasteiger partial charge in [0.25, 0.3) is 0 Å². The Morgan fingerprint density at radius 3 is 2.31 bits per heavy atom. The van der Waals surface area contributed by atoms with E-state index in [-0.39, 0.29) is 11.2 Å². The highest BCUT2D eigenvalue weighted by molar-refractivity contribution is 5.94. The molecule has 1 unspecified atom stereocenters. The van der Waals surface area contributed by atoms with Gasteiger partial charge in [-0.05, 0) is 54.1 Å². The minimum Gasteiger partial charge on any atom is -0.477 e. The molecule has 0 aliphatic carbocycles. The molecule has 0 spiro atoms. The second-order valence-corrected chi connectivity index (χ2v) is 8.14. The molecule has 2 aromatic heterocycles. The van der Waals surface area contributed by atoms with Crippen LogP contribution in [0.1, 0.15) is 16.1 Å². The van der Waals surface area contributed by atoms with Gasteiger partial charge < -0.3 is 14.8 Å². The Morgan fingerprint density at radius 2 is 1.63 bits per heavy atom. The fourth-order valence-electron chi connectivity index (χ4n) is 4.21. The molecule has 0 saturated carbocycles. The van der Waals surface area contributed by atoms with Gasteiger partial charge in [0.2, 0.25) is 5.60 Å². The summed E-state index contributed by atoms with van der Waals surface area (Å²) in [6.07, 6.45) is -3.79. The van der Waals surface area contributed by atoms with E-state index in [1.54, 1.807) is 18.2 Å². The number of carboxylic acids is 1. The molecule has 0 saturated heterocycles. The van der Waals surface area contributed by atoms with Crippen LogP contribution in [0, 0.1) is 5.82 Å². The first-order chi connectivity index (χ1) is 16.6. The standard InChI is InChI=1S/C25H17F4N3O3/c26-18-6-8-19(9-7-18)32-21-10-5-17(11-16(21)13-30-32)24(35,25(27,28)29)14-31-20-4-2-1-3-15(20)12-22(31)23(33)34/h1-13,35H,14H2,(H,33,34). The summed E-state index contributed by atoms with van der Waals surface area (Å²) in [6.45, 7) is -1.07. The molecule has 2 heterocycles. The van der Waals surface area contributed by atoms with Gasteiger partial charge in [-0.25, -0.2) is 13.9 Å². The van der Waals surface area contributed by atoms with Gasteiger partial charge in [0, 0.05) is 16.3 Å². The molecule has 5 aromatic rings. The smallest absolute Gasteiger partial charge is 0.423 e. The molecule has 1 atom stereocenters.